The van der Waals surface area contributed by atoms with Crippen LogP contribution in [-0.2, 0) is 25.7 Å². The van der Waals surface area contributed by atoms with Crippen molar-refractivity contribution in [1.29, 1.82) is 0 Å². The summed E-state index contributed by atoms with van der Waals surface area (Å²) >= 11 is 8.86. The van der Waals surface area contributed by atoms with Crippen molar-refractivity contribution < 1.29 is 19.1 Å². The van der Waals surface area contributed by atoms with Gasteiger partial charge in [0.25, 0.3) is 0 Å². The molecule has 0 saturated carbocycles. The number of hydrogen-bond donors (Lipinski definition) is 2. The van der Waals surface area contributed by atoms with Gasteiger partial charge in [-0.1, -0.05) is 41.6 Å². The fourth-order valence-electron chi connectivity index (χ4n) is 1.93. The topological polar surface area (TPSA) is 81.5 Å². The third-order valence-corrected chi connectivity index (χ3v) is 3.67. The molecule has 0 amide bonds. The van der Waals surface area contributed by atoms with Gasteiger partial charge in [-0.15, -0.1) is 12.6 Å². The minimum absolute atomic E-state index is 0.160. The molecule has 0 spiro atoms. The Bertz CT molecular complexity index is 761. The number of thiocarbonyl (C=S) groups is 1. The number of thiol groups is 1. The van der Waals surface area contributed by atoms with Gasteiger partial charge in [-0.25, -0.2) is 4.79 Å². The van der Waals surface area contributed by atoms with Gasteiger partial charge in [0.05, 0.1) is 42.6 Å². The van der Waals surface area contributed by atoms with Gasteiger partial charge in [-0.3, -0.25) is 0 Å². The molecule has 0 heterocycles. The van der Waals surface area contributed by atoms with Crippen LogP contribution in [0.25, 0.3) is 5.57 Å². The van der Waals surface area contributed by atoms with Gasteiger partial charge >= 0.3 is 5.97 Å². The number of rotatable bonds is 10. The van der Waals surface area contributed by atoms with E-state index >= 15 is 0 Å². The van der Waals surface area contributed by atoms with Crippen molar-refractivity contribution in [2.75, 3.05) is 20.8 Å². The molecule has 7 nitrogen and oxygen atoms in total. The second kappa shape index (κ2) is 12.1. The largest absolute Gasteiger partial charge is 0.503 e. The minimum atomic E-state index is -0.500. The maximum Gasteiger partial charge on any atom is 0.341 e. The molecule has 0 unspecified atom stereocenters. The number of carbonyl (C=O) groups excluding carboxylic acids is 1. The van der Waals surface area contributed by atoms with Gasteiger partial charge in [0, 0.05) is 5.56 Å². The predicted octanol–water partition coefficient (Wildman–Crippen LogP) is 2.96. The van der Waals surface area contributed by atoms with E-state index in [1.54, 1.807) is 19.9 Å². The molecule has 1 aromatic carbocycles. The molecular formula is C18H23N3O4S2. The number of nitrogens with one attached hydrogen (secondary N) is 1. The number of hydrazone groups is 1. The van der Waals surface area contributed by atoms with Gasteiger partial charge in [0.15, 0.2) is 0 Å². The lowest BCUT2D eigenvalue weighted by atomic mass is 10.0. The second-order valence-corrected chi connectivity index (χ2v) is 6.63. The first kappa shape index (κ1) is 22.7. The lowest BCUT2D eigenvalue weighted by Crippen LogP contribution is -2.17. The van der Waals surface area contributed by atoms with Crippen LogP contribution in [0.5, 0.6) is 0 Å². The summed E-state index contributed by atoms with van der Waals surface area (Å²) in [5, 5.41) is 8.18. The van der Waals surface area contributed by atoms with Crippen LogP contribution in [0.15, 0.2) is 40.8 Å². The summed E-state index contributed by atoms with van der Waals surface area (Å²) in [5.41, 5.74) is 5.75. The zero-order valence-corrected chi connectivity index (χ0v) is 17.4. The monoisotopic (exact) mass is 409 g/mol. The quantitative estimate of drug-likeness (QED) is 0.118. The highest BCUT2D eigenvalue weighted by Crippen LogP contribution is 2.21. The molecular weight excluding hydrogens is 386 g/mol. The van der Waals surface area contributed by atoms with Crippen LogP contribution >= 0.6 is 24.8 Å². The Labute approximate surface area is 169 Å². The number of ether oxygens (including phenoxy) is 2. The Morgan fingerprint density at radius 2 is 1.96 bits per heavy atom. The highest BCUT2D eigenvalue weighted by atomic mass is 32.1. The lowest BCUT2D eigenvalue weighted by Gasteiger charge is -2.11. The van der Waals surface area contributed by atoms with Crippen LogP contribution in [0.2, 0.25) is 0 Å². The predicted molar refractivity (Wildman–Crippen MR) is 114 cm³/mol. The van der Waals surface area contributed by atoms with E-state index in [4.69, 9.17) is 26.5 Å². The van der Waals surface area contributed by atoms with E-state index < -0.39 is 5.97 Å². The molecule has 0 aliphatic carbocycles. The molecule has 0 fully saturated rings. The second-order valence-electron chi connectivity index (χ2n) is 5.29. The fourth-order valence-corrected chi connectivity index (χ4v) is 2.06. The molecule has 0 atom stereocenters. The smallest absolute Gasteiger partial charge is 0.341 e. The first-order valence-electron chi connectivity index (χ1n) is 7.96. The number of methoxy groups -OCH3 is 2. The van der Waals surface area contributed by atoms with Crippen molar-refractivity contribution in [2.45, 2.75) is 20.5 Å². The molecule has 1 N–H and O–H groups in total. The van der Waals surface area contributed by atoms with Crippen molar-refractivity contribution in [3.8, 4) is 0 Å². The standard InChI is InChI=1S/C18H23N3O4S2/c1-12(20-19-9-17(26)27)13(2)21-25-10-14-7-5-6-8-15(14)16(11-23-3)18(22)24-4/h5-8,11,19H,9-10H2,1-4H3,(H,26,27). The number of hydrogen-bond acceptors (Lipinski definition) is 8. The Balaban J connectivity index is 2.87. The minimum Gasteiger partial charge on any atom is -0.503 e. The SMILES string of the molecule is COC=C(C(=O)OC)c1ccccc1CON=C(C)C(C)=NNCC(=S)S. The van der Waals surface area contributed by atoms with E-state index in [2.05, 4.69) is 28.3 Å². The molecule has 0 saturated heterocycles. The number of carbonyl (C=O) groups is 1. The Morgan fingerprint density at radius 1 is 1.26 bits per heavy atom. The van der Waals surface area contributed by atoms with Gasteiger partial charge in [0.2, 0.25) is 0 Å². The van der Waals surface area contributed by atoms with E-state index in [1.165, 1.54) is 20.5 Å². The molecule has 0 aromatic heterocycles. The van der Waals surface area contributed by atoms with E-state index in [-0.39, 0.29) is 6.61 Å². The van der Waals surface area contributed by atoms with Crippen molar-refractivity contribution in [2.24, 2.45) is 10.3 Å². The Kier molecular flexibility index (Phi) is 10.1. The number of nitrogens with zero attached hydrogens (tertiary/aromatic N) is 2. The highest BCUT2D eigenvalue weighted by molar-refractivity contribution is 8.11. The Morgan fingerprint density at radius 3 is 2.59 bits per heavy atom. The van der Waals surface area contributed by atoms with E-state index in [9.17, 15) is 4.79 Å². The average Bonchev–Trinajstić information content (AvgIpc) is 2.65. The molecule has 0 radical (unpaired) electrons. The number of esters is 1. The van der Waals surface area contributed by atoms with Crippen LogP contribution in [0, 0.1) is 0 Å². The summed E-state index contributed by atoms with van der Waals surface area (Å²) in [4.78, 5) is 17.4. The van der Waals surface area contributed by atoms with Crippen molar-refractivity contribution in [3.05, 3.63) is 41.7 Å². The molecule has 0 aliphatic heterocycles. The lowest BCUT2D eigenvalue weighted by molar-refractivity contribution is -0.133. The van der Waals surface area contributed by atoms with Crippen molar-refractivity contribution >= 4 is 52.0 Å². The summed E-state index contributed by atoms with van der Waals surface area (Å²) in [7, 11) is 2.78. The van der Waals surface area contributed by atoms with Crippen LogP contribution in [-0.4, -0.2) is 42.4 Å². The molecule has 146 valence electrons. The van der Waals surface area contributed by atoms with Gasteiger partial charge in [-0.05, 0) is 19.4 Å². The summed E-state index contributed by atoms with van der Waals surface area (Å²) in [6.07, 6.45) is 1.34. The third kappa shape index (κ3) is 7.79. The van der Waals surface area contributed by atoms with E-state index in [1.807, 2.05) is 18.2 Å². The van der Waals surface area contributed by atoms with Gasteiger partial charge in [0.1, 0.15) is 12.2 Å². The number of benzene rings is 1. The van der Waals surface area contributed by atoms with Crippen LogP contribution < -0.4 is 5.43 Å². The highest BCUT2D eigenvalue weighted by Gasteiger charge is 2.16. The third-order valence-electron chi connectivity index (χ3n) is 3.37. The number of oxime groups is 1. The van der Waals surface area contributed by atoms with Gasteiger partial charge in [-0.2, -0.15) is 5.10 Å². The maximum absolute atomic E-state index is 12.0. The zero-order chi connectivity index (χ0) is 20.2. The van der Waals surface area contributed by atoms with Crippen molar-refractivity contribution in [3.63, 3.8) is 0 Å². The Hall–Kier alpha value is -2.39. The average molecular weight is 410 g/mol. The first-order chi connectivity index (χ1) is 12.9. The molecule has 27 heavy (non-hydrogen) atoms. The van der Waals surface area contributed by atoms with Gasteiger partial charge < -0.3 is 19.7 Å². The summed E-state index contributed by atoms with van der Waals surface area (Å²) in [6.45, 7) is 4.12. The zero-order valence-electron chi connectivity index (χ0n) is 15.7. The first-order valence-corrected chi connectivity index (χ1v) is 8.81. The van der Waals surface area contributed by atoms with Crippen LogP contribution in [0.3, 0.4) is 0 Å². The summed E-state index contributed by atoms with van der Waals surface area (Å²) in [6, 6.07) is 7.28. The fraction of sp³-hybridized carbons (Fsp3) is 0.333. The normalized spacial score (nSPS) is 12.4. The molecule has 1 rings (SSSR count). The molecule has 0 aliphatic rings. The summed E-state index contributed by atoms with van der Waals surface area (Å²) < 4.78 is 10.3. The van der Waals surface area contributed by atoms with E-state index in [0.717, 1.165) is 5.56 Å². The van der Waals surface area contributed by atoms with Crippen molar-refractivity contribution in [1.82, 2.24) is 5.43 Å². The molecule has 1 aromatic rings. The molecule has 9 heteroatoms. The van der Waals surface area contributed by atoms with Crippen LogP contribution in [0.4, 0.5) is 0 Å². The maximum atomic E-state index is 12.0. The van der Waals surface area contributed by atoms with E-state index in [0.29, 0.717) is 33.3 Å². The molecule has 0 bridgehead atoms. The summed E-state index contributed by atoms with van der Waals surface area (Å²) in [5.74, 6) is -0.500. The van der Waals surface area contributed by atoms with Crippen LogP contribution in [0.1, 0.15) is 25.0 Å².